The summed E-state index contributed by atoms with van der Waals surface area (Å²) in [4.78, 5) is 0. The fourth-order valence-electron chi connectivity index (χ4n) is 1.97. The molecule has 2 heteroatoms. The molecular weight excluding hydrogens is 235 g/mol. The molecule has 0 saturated carbocycles. The second kappa shape index (κ2) is 15.7. The Bertz CT molecular complexity index is 117. The SMILES string of the molecule is CCCCCCCCCC(P)CCCC.Cl. The van der Waals surface area contributed by atoms with Gasteiger partial charge in [-0.3, -0.25) is 0 Å². The van der Waals surface area contributed by atoms with Crippen molar-refractivity contribution in [3.05, 3.63) is 0 Å². The van der Waals surface area contributed by atoms with Crippen LogP contribution in [-0.4, -0.2) is 5.66 Å². The average molecular weight is 267 g/mol. The Labute approximate surface area is 112 Å². The van der Waals surface area contributed by atoms with Gasteiger partial charge in [-0.2, -0.15) is 0 Å². The normalized spacial score (nSPS) is 12.2. The predicted octanol–water partition coefficient (Wildman–Crippen LogP) is 5.98. The Hall–Kier alpha value is 0.720. The van der Waals surface area contributed by atoms with Crippen LogP contribution in [0.25, 0.3) is 0 Å². The zero-order valence-electron chi connectivity index (χ0n) is 11.3. The Morgan fingerprint density at radius 3 is 1.69 bits per heavy atom. The number of hydrogen-bond donors (Lipinski definition) is 0. The first kappa shape index (κ1) is 19.1. The van der Waals surface area contributed by atoms with Crippen LogP contribution in [0.4, 0.5) is 0 Å². The lowest BCUT2D eigenvalue weighted by molar-refractivity contribution is 0.554. The third-order valence-electron chi connectivity index (χ3n) is 3.11. The van der Waals surface area contributed by atoms with E-state index in [9.17, 15) is 0 Å². The molecule has 0 rings (SSSR count). The lowest BCUT2D eigenvalue weighted by Gasteiger charge is -2.09. The Morgan fingerprint density at radius 2 is 1.12 bits per heavy atom. The van der Waals surface area contributed by atoms with Gasteiger partial charge >= 0.3 is 0 Å². The Kier molecular flexibility index (Phi) is 18.7. The van der Waals surface area contributed by atoms with Crippen molar-refractivity contribution in [3.8, 4) is 0 Å². The first-order valence-electron chi connectivity index (χ1n) is 7.06. The van der Waals surface area contributed by atoms with Crippen molar-refractivity contribution < 1.29 is 0 Å². The molecule has 2 atom stereocenters. The molecule has 0 aromatic rings. The number of unbranched alkanes of at least 4 members (excludes halogenated alkanes) is 7. The molecular formula is C14H32ClP. The van der Waals surface area contributed by atoms with Crippen molar-refractivity contribution in [1.29, 1.82) is 0 Å². The topological polar surface area (TPSA) is 0 Å². The molecule has 2 unspecified atom stereocenters. The minimum atomic E-state index is 0. The molecule has 0 spiro atoms. The molecule has 0 radical (unpaired) electrons. The number of hydrogen-bond acceptors (Lipinski definition) is 0. The van der Waals surface area contributed by atoms with Crippen LogP contribution in [-0.2, 0) is 0 Å². The highest BCUT2D eigenvalue weighted by Gasteiger charge is 2.00. The van der Waals surface area contributed by atoms with Gasteiger partial charge in [-0.05, 0) is 18.5 Å². The summed E-state index contributed by atoms with van der Waals surface area (Å²) in [5.41, 5.74) is 0.889. The third kappa shape index (κ3) is 14.7. The average Bonchev–Trinajstić information content (AvgIpc) is 2.25. The first-order chi connectivity index (χ1) is 7.31. The lowest BCUT2D eigenvalue weighted by Crippen LogP contribution is -1.97. The van der Waals surface area contributed by atoms with E-state index in [1.807, 2.05) is 0 Å². The largest absolute Gasteiger partial charge is 0.147 e. The fourth-order valence-corrected chi connectivity index (χ4v) is 2.45. The zero-order chi connectivity index (χ0) is 11.4. The second-order valence-corrected chi connectivity index (χ2v) is 5.76. The molecule has 0 bridgehead atoms. The van der Waals surface area contributed by atoms with Crippen LogP contribution in [0, 0.1) is 0 Å². The molecule has 0 nitrogen and oxygen atoms in total. The fraction of sp³-hybridized carbons (Fsp3) is 1.00. The summed E-state index contributed by atoms with van der Waals surface area (Å²) >= 11 is 0. The highest BCUT2D eigenvalue weighted by atomic mass is 35.5. The van der Waals surface area contributed by atoms with Gasteiger partial charge in [0, 0.05) is 0 Å². The zero-order valence-corrected chi connectivity index (χ0v) is 13.3. The Morgan fingerprint density at radius 1 is 0.688 bits per heavy atom. The first-order valence-corrected chi connectivity index (χ1v) is 7.73. The van der Waals surface area contributed by atoms with E-state index in [0.717, 1.165) is 5.66 Å². The van der Waals surface area contributed by atoms with E-state index < -0.39 is 0 Å². The Balaban J connectivity index is 0. The van der Waals surface area contributed by atoms with Gasteiger partial charge < -0.3 is 0 Å². The summed E-state index contributed by atoms with van der Waals surface area (Å²) < 4.78 is 0. The van der Waals surface area contributed by atoms with E-state index >= 15 is 0 Å². The van der Waals surface area contributed by atoms with Crippen LogP contribution < -0.4 is 0 Å². The van der Waals surface area contributed by atoms with Gasteiger partial charge in [-0.25, -0.2) is 0 Å². The smallest absolute Gasteiger partial charge is 0.0264 e. The summed E-state index contributed by atoms with van der Waals surface area (Å²) in [7, 11) is 3.02. The molecule has 0 aliphatic rings. The molecule has 0 heterocycles. The van der Waals surface area contributed by atoms with Crippen LogP contribution in [0.15, 0.2) is 0 Å². The summed E-state index contributed by atoms with van der Waals surface area (Å²) in [5, 5.41) is 0. The minimum Gasteiger partial charge on any atom is -0.147 e. The molecule has 0 N–H and O–H groups in total. The van der Waals surface area contributed by atoms with Crippen LogP contribution in [0.3, 0.4) is 0 Å². The van der Waals surface area contributed by atoms with E-state index in [4.69, 9.17) is 0 Å². The number of rotatable bonds is 11. The molecule has 0 amide bonds. The summed E-state index contributed by atoms with van der Waals surface area (Å²) in [5.74, 6) is 0. The quantitative estimate of drug-likeness (QED) is 0.319. The van der Waals surface area contributed by atoms with Gasteiger partial charge in [0.15, 0.2) is 0 Å². The van der Waals surface area contributed by atoms with Crippen molar-refractivity contribution in [3.63, 3.8) is 0 Å². The standard InChI is InChI=1S/C14H31P.ClH/c1-3-5-7-8-9-10-11-13-14(15)12-6-4-2;/h14H,3-13,15H2,1-2H3;1H. The van der Waals surface area contributed by atoms with Gasteiger partial charge in [0.1, 0.15) is 0 Å². The second-order valence-electron chi connectivity index (χ2n) is 4.81. The van der Waals surface area contributed by atoms with Crippen molar-refractivity contribution in [2.24, 2.45) is 0 Å². The maximum atomic E-state index is 3.02. The summed E-state index contributed by atoms with van der Waals surface area (Å²) in [6, 6.07) is 0. The molecule has 0 aromatic heterocycles. The highest BCUT2D eigenvalue weighted by Crippen LogP contribution is 2.18. The van der Waals surface area contributed by atoms with Crippen molar-refractivity contribution in [1.82, 2.24) is 0 Å². The molecule has 0 fully saturated rings. The van der Waals surface area contributed by atoms with Crippen molar-refractivity contribution >= 4 is 21.6 Å². The molecule has 0 saturated heterocycles. The van der Waals surface area contributed by atoms with Crippen LogP contribution in [0.5, 0.6) is 0 Å². The molecule has 0 aromatic carbocycles. The van der Waals surface area contributed by atoms with E-state index in [-0.39, 0.29) is 12.4 Å². The van der Waals surface area contributed by atoms with Gasteiger partial charge in [0.25, 0.3) is 0 Å². The summed E-state index contributed by atoms with van der Waals surface area (Å²) in [6.45, 7) is 4.57. The molecule has 0 aliphatic heterocycles. The maximum absolute atomic E-state index is 3.02. The van der Waals surface area contributed by atoms with Gasteiger partial charge in [-0.1, -0.05) is 71.6 Å². The van der Waals surface area contributed by atoms with E-state index in [0.29, 0.717) is 0 Å². The molecule has 100 valence electrons. The van der Waals surface area contributed by atoms with E-state index in [1.54, 1.807) is 0 Å². The van der Waals surface area contributed by atoms with Crippen LogP contribution in [0.1, 0.15) is 84.5 Å². The highest BCUT2D eigenvalue weighted by molar-refractivity contribution is 7.17. The van der Waals surface area contributed by atoms with Crippen molar-refractivity contribution in [2.45, 2.75) is 90.1 Å². The van der Waals surface area contributed by atoms with Crippen LogP contribution >= 0.6 is 21.6 Å². The van der Waals surface area contributed by atoms with E-state index in [2.05, 4.69) is 23.1 Å². The molecule has 16 heavy (non-hydrogen) atoms. The monoisotopic (exact) mass is 266 g/mol. The third-order valence-corrected chi connectivity index (χ3v) is 3.77. The predicted molar refractivity (Wildman–Crippen MR) is 82.9 cm³/mol. The van der Waals surface area contributed by atoms with Crippen molar-refractivity contribution in [2.75, 3.05) is 0 Å². The van der Waals surface area contributed by atoms with Gasteiger partial charge in [-0.15, -0.1) is 21.6 Å². The van der Waals surface area contributed by atoms with E-state index in [1.165, 1.54) is 70.6 Å². The number of halogens is 1. The minimum absolute atomic E-state index is 0. The summed E-state index contributed by atoms with van der Waals surface area (Å²) in [6.07, 6.45) is 15.7. The maximum Gasteiger partial charge on any atom is -0.0264 e. The molecule has 0 aliphatic carbocycles. The lowest BCUT2D eigenvalue weighted by atomic mass is 10.1. The van der Waals surface area contributed by atoms with Gasteiger partial charge in [0.2, 0.25) is 0 Å². The van der Waals surface area contributed by atoms with Crippen LogP contribution in [0.2, 0.25) is 0 Å². The van der Waals surface area contributed by atoms with Gasteiger partial charge in [0.05, 0.1) is 0 Å².